The molecule has 1 aromatic rings. The third kappa shape index (κ3) is 2.22. The number of Topliss-reactive ketones (excluding diaryl/α,β-unsaturated/α-hetero) is 1. The second kappa shape index (κ2) is 5.34. The molecule has 4 heteroatoms. The quantitative estimate of drug-likeness (QED) is 0.861. The lowest BCUT2D eigenvalue weighted by molar-refractivity contribution is -0.116. The summed E-state index contributed by atoms with van der Waals surface area (Å²) in [6.45, 7) is 0. The number of allylic oxidation sites excluding steroid dienone is 4. The van der Waals surface area contributed by atoms with Crippen molar-refractivity contribution in [2.75, 3.05) is 5.75 Å². The molecule has 3 heterocycles. The third-order valence-corrected chi connectivity index (χ3v) is 5.76. The molecule has 1 N–H and O–H groups in total. The molecule has 1 unspecified atom stereocenters. The molecule has 0 amide bonds. The Kier molecular flexibility index (Phi) is 3.34. The van der Waals surface area contributed by atoms with Gasteiger partial charge < -0.3 is 5.32 Å². The Labute approximate surface area is 128 Å². The van der Waals surface area contributed by atoms with Crippen molar-refractivity contribution < 1.29 is 4.79 Å². The molecular weight excluding hydrogens is 280 g/mol. The summed E-state index contributed by atoms with van der Waals surface area (Å²) in [6, 6.07) is 4.12. The van der Waals surface area contributed by atoms with Gasteiger partial charge in [-0.2, -0.15) is 0 Å². The maximum absolute atomic E-state index is 12.5. The van der Waals surface area contributed by atoms with Crippen molar-refractivity contribution in [1.29, 1.82) is 0 Å². The number of hydrogen-bond donors (Lipinski definition) is 1. The number of carbonyl (C=O) groups excluding carboxylic acids is 1. The van der Waals surface area contributed by atoms with Gasteiger partial charge in [0, 0.05) is 46.6 Å². The van der Waals surface area contributed by atoms with Crippen molar-refractivity contribution in [1.82, 2.24) is 10.3 Å². The Balaban J connectivity index is 1.87. The van der Waals surface area contributed by atoms with Crippen LogP contribution in [0.5, 0.6) is 0 Å². The van der Waals surface area contributed by atoms with E-state index in [1.54, 1.807) is 0 Å². The Hall–Kier alpha value is -1.55. The number of nitrogens with zero attached hydrogens (tertiary/aromatic N) is 1. The van der Waals surface area contributed by atoms with Crippen molar-refractivity contribution in [2.24, 2.45) is 0 Å². The van der Waals surface area contributed by atoms with E-state index >= 15 is 0 Å². The monoisotopic (exact) mass is 298 g/mol. The largest absolute Gasteiger partial charge is 0.361 e. The number of pyridine rings is 1. The van der Waals surface area contributed by atoms with Crippen LogP contribution in [0.1, 0.15) is 43.6 Å². The minimum atomic E-state index is 0.136. The zero-order valence-corrected chi connectivity index (χ0v) is 12.7. The maximum atomic E-state index is 12.5. The summed E-state index contributed by atoms with van der Waals surface area (Å²) in [6.07, 6.45) is 8.66. The normalized spacial score (nSPS) is 25.3. The van der Waals surface area contributed by atoms with Crippen LogP contribution in [0.2, 0.25) is 0 Å². The van der Waals surface area contributed by atoms with Gasteiger partial charge in [-0.05, 0) is 49.1 Å². The van der Waals surface area contributed by atoms with E-state index < -0.39 is 0 Å². The number of aromatic nitrogens is 1. The first-order chi connectivity index (χ1) is 10.3. The van der Waals surface area contributed by atoms with Gasteiger partial charge in [0.25, 0.3) is 0 Å². The van der Waals surface area contributed by atoms with E-state index in [-0.39, 0.29) is 5.92 Å². The van der Waals surface area contributed by atoms with E-state index in [1.165, 1.54) is 28.3 Å². The Morgan fingerprint density at radius 3 is 2.76 bits per heavy atom. The first-order valence-corrected chi connectivity index (χ1v) is 8.62. The van der Waals surface area contributed by atoms with Crippen molar-refractivity contribution in [3.8, 4) is 0 Å². The lowest BCUT2D eigenvalue weighted by Gasteiger charge is -2.37. The van der Waals surface area contributed by atoms with Crippen molar-refractivity contribution in [3.63, 3.8) is 0 Å². The lowest BCUT2D eigenvalue weighted by Crippen LogP contribution is -2.32. The van der Waals surface area contributed by atoms with E-state index in [9.17, 15) is 4.79 Å². The number of hydrogen-bond acceptors (Lipinski definition) is 4. The van der Waals surface area contributed by atoms with Crippen LogP contribution in [-0.4, -0.2) is 16.5 Å². The number of rotatable bonds is 1. The Bertz CT molecular complexity index is 648. The summed E-state index contributed by atoms with van der Waals surface area (Å²) >= 11 is 1.92. The first-order valence-electron chi connectivity index (χ1n) is 7.63. The van der Waals surface area contributed by atoms with Crippen molar-refractivity contribution in [3.05, 3.63) is 52.0 Å². The molecule has 2 aliphatic heterocycles. The predicted octanol–water partition coefficient (Wildman–Crippen LogP) is 3.51. The fourth-order valence-electron chi connectivity index (χ4n) is 3.54. The molecule has 0 radical (unpaired) electrons. The topological polar surface area (TPSA) is 42.0 Å². The van der Waals surface area contributed by atoms with Crippen LogP contribution in [0.4, 0.5) is 0 Å². The molecule has 4 rings (SSSR count). The molecule has 0 aromatic carbocycles. The van der Waals surface area contributed by atoms with Gasteiger partial charge in [0.15, 0.2) is 5.78 Å². The summed E-state index contributed by atoms with van der Waals surface area (Å²) in [5, 5.41) is 3.59. The van der Waals surface area contributed by atoms with Gasteiger partial charge in [0.1, 0.15) is 0 Å². The fourth-order valence-corrected chi connectivity index (χ4v) is 4.80. The second-order valence-electron chi connectivity index (χ2n) is 5.80. The van der Waals surface area contributed by atoms with Crippen LogP contribution in [0.25, 0.3) is 0 Å². The molecule has 1 atom stereocenters. The summed E-state index contributed by atoms with van der Waals surface area (Å²) in [7, 11) is 0. The summed E-state index contributed by atoms with van der Waals surface area (Å²) < 4.78 is 0. The van der Waals surface area contributed by atoms with Gasteiger partial charge in [-0.3, -0.25) is 9.78 Å². The fraction of sp³-hybridized carbons (Fsp3) is 0.412. The SMILES string of the molecule is O=C1CCCC2=C1C(c1ccncc1)C1=C(CCCS1)N2. The van der Waals surface area contributed by atoms with Crippen molar-refractivity contribution in [2.45, 2.75) is 38.0 Å². The third-order valence-electron chi connectivity index (χ3n) is 4.47. The second-order valence-corrected chi connectivity index (χ2v) is 6.94. The van der Waals surface area contributed by atoms with Crippen LogP contribution >= 0.6 is 11.8 Å². The molecular formula is C17H18N2OS. The predicted molar refractivity (Wildman–Crippen MR) is 84.7 cm³/mol. The van der Waals surface area contributed by atoms with Gasteiger partial charge in [-0.15, -0.1) is 11.8 Å². The average molecular weight is 298 g/mol. The van der Waals surface area contributed by atoms with E-state index in [0.29, 0.717) is 12.2 Å². The molecule has 3 nitrogen and oxygen atoms in total. The van der Waals surface area contributed by atoms with Crippen LogP contribution in [0, 0.1) is 0 Å². The Morgan fingerprint density at radius 2 is 1.90 bits per heavy atom. The van der Waals surface area contributed by atoms with Gasteiger partial charge in [0.05, 0.1) is 0 Å². The van der Waals surface area contributed by atoms with Gasteiger partial charge >= 0.3 is 0 Å². The minimum absolute atomic E-state index is 0.136. The van der Waals surface area contributed by atoms with E-state index in [1.807, 2.05) is 24.2 Å². The van der Waals surface area contributed by atoms with Crippen LogP contribution in [0.15, 0.2) is 46.4 Å². The van der Waals surface area contributed by atoms with E-state index in [2.05, 4.69) is 22.4 Å². The molecule has 0 bridgehead atoms. The number of nitrogens with one attached hydrogen (secondary N) is 1. The molecule has 1 aromatic heterocycles. The molecule has 3 aliphatic rings. The van der Waals surface area contributed by atoms with Gasteiger partial charge in [-0.1, -0.05) is 0 Å². The molecule has 108 valence electrons. The smallest absolute Gasteiger partial charge is 0.161 e. The van der Waals surface area contributed by atoms with Gasteiger partial charge in [0.2, 0.25) is 0 Å². The molecule has 0 saturated carbocycles. The standard InChI is InChI=1S/C17H18N2OS/c20-14-5-1-3-12-16(14)15(11-6-8-18-9-7-11)17-13(19-12)4-2-10-21-17/h6-9,15,19H,1-5,10H2. The lowest BCUT2D eigenvalue weighted by atomic mass is 9.79. The molecule has 0 saturated heterocycles. The zero-order valence-electron chi connectivity index (χ0n) is 11.9. The summed E-state index contributed by atoms with van der Waals surface area (Å²) in [4.78, 5) is 18.0. The number of ketones is 1. The average Bonchev–Trinajstić information content (AvgIpc) is 2.54. The maximum Gasteiger partial charge on any atom is 0.161 e. The highest BCUT2D eigenvalue weighted by molar-refractivity contribution is 8.03. The highest BCUT2D eigenvalue weighted by Gasteiger charge is 2.37. The first kappa shape index (κ1) is 13.1. The van der Waals surface area contributed by atoms with Crippen LogP contribution in [-0.2, 0) is 4.79 Å². The highest BCUT2D eigenvalue weighted by Crippen LogP contribution is 2.48. The number of thioether (sulfide) groups is 1. The van der Waals surface area contributed by atoms with Gasteiger partial charge in [-0.25, -0.2) is 0 Å². The van der Waals surface area contributed by atoms with Crippen LogP contribution in [0.3, 0.4) is 0 Å². The highest BCUT2D eigenvalue weighted by atomic mass is 32.2. The summed E-state index contributed by atoms with van der Waals surface area (Å²) in [5.41, 5.74) is 4.74. The molecule has 1 aliphatic carbocycles. The molecule has 21 heavy (non-hydrogen) atoms. The number of dihydropyridines is 1. The molecule has 0 fully saturated rings. The van der Waals surface area contributed by atoms with Crippen LogP contribution < -0.4 is 5.32 Å². The summed E-state index contributed by atoms with van der Waals surface area (Å²) in [5.74, 6) is 1.61. The zero-order chi connectivity index (χ0) is 14.2. The minimum Gasteiger partial charge on any atom is -0.361 e. The van der Waals surface area contributed by atoms with E-state index in [0.717, 1.165) is 30.6 Å². The Morgan fingerprint density at radius 1 is 1.10 bits per heavy atom. The van der Waals surface area contributed by atoms with Crippen molar-refractivity contribution >= 4 is 17.5 Å². The number of carbonyl (C=O) groups is 1. The molecule has 0 spiro atoms. The van der Waals surface area contributed by atoms with E-state index in [4.69, 9.17) is 0 Å².